The SMILES string of the molecule is c1ccc(-c2ccc3c(c2)oc2cccc(-c4nc(-c5ccc6c(c5)sc5c(-n7c8ccccc8c8c9ccccc9c(-c9ccccc9)cc87)cccc56)nc(-c5ccccc5-c5ccccc5)n4)c23)cc1. The third kappa shape index (κ3) is 6.65. The number of aromatic nitrogens is 4. The molecular weight excluding hydrogens is 909 g/mol. The Morgan fingerprint density at radius 2 is 0.904 bits per heavy atom. The number of para-hydroxylation sites is 1. The van der Waals surface area contributed by atoms with Crippen molar-refractivity contribution in [2.24, 2.45) is 0 Å². The van der Waals surface area contributed by atoms with Crippen LogP contribution in [-0.2, 0) is 0 Å². The molecule has 5 nitrogen and oxygen atoms in total. The molecule has 0 atom stereocenters. The van der Waals surface area contributed by atoms with Gasteiger partial charge in [-0.15, -0.1) is 11.3 Å². The number of rotatable bonds is 7. The van der Waals surface area contributed by atoms with Crippen molar-refractivity contribution in [3.05, 3.63) is 243 Å². The van der Waals surface area contributed by atoms with E-state index in [1.54, 1.807) is 0 Å². The minimum absolute atomic E-state index is 0.579. The Hall–Kier alpha value is -9.49. The van der Waals surface area contributed by atoms with Crippen LogP contribution in [0.4, 0.5) is 0 Å². The first-order valence-corrected chi connectivity index (χ1v) is 25.4. The van der Waals surface area contributed by atoms with Gasteiger partial charge in [0.25, 0.3) is 0 Å². The fourth-order valence-electron chi connectivity index (χ4n) is 11.2. The van der Waals surface area contributed by atoms with Gasteiger partial charge < -0.3 is 8.98 Å². The molecule has 6 heteroatoms. The molecule has 15 aromatic rings. The standard InChI is InChI=1S/C67H40N4OS/c1-4-18-41(19-5-1)44-34-37-53-60(38-44)72-59-33-17-30-54(63(53)59)67-69-65(68-66(70-67)51-27-13-10-24-46(51)42-20-6-2-7-21-42)45-35-36-48-50-29-16-32-57(64(50)73-61(48)39-45)71-56-31-15-14-28-52(56)62-49-26-12-11-25-47(49)55(40-58(62)71)43-22-8-3-9-23-43/h1-40H. The number of benzene rings is 11. The van der Waals surface area contributed by atoms with E-state index in [9.17, 15) is 0 Å². The van der Waals surface area contributed by atoms with E-state index in [0.717, 1.165) is 71.3 Å². The second-order valence-electron chi connectivity index (χ2n) is 18.6. The van der Waals surface area contributed by atoms with Crippen LogP contribution in [0.5, 0.6) is 0 Å². The molecule has 340 valence electrons. The molecule has 11 aromatic carbocycles. The molecule has 0 spiro atoms. The molecule has 15 rings (SSSR count). The Bertz CT molecular complexity index is 4670. The number of fused-ring (bicyclic) bond motifs is 11. The zero-order valence-corrected chi connectivity index (χ0v) is 40.0. The van der Waals surface area contributed by atoms with Crippen LogP contribution in [0.25, 0.3) is 148 Å². The van der Waals surface area contributed by atoms with Gasteiger partial charge in [-0.2, -0.15) is 0 Å². The molecule has 4 heterocycles. The van der Waals surface area contributed by atoms with E-state index in [0.29, 0.717) is 17.5 Å². The molecule has 0 N–H and O–H groups in total. The van der Waals surface area contributed by atoms with Crippen LogP contribution in [0.2, 0.25) is 0 Å². The predicted octanol–water partition coefficient (Wildman–Crippen LogP) is 18.4. The molecule has 0 aliphatic heterocycles. The van der Waals surface area contributed by atoms with Crippen LogP contribution in [0.1, 0.15) is 0 Å². The molecule has 0 fully saturated rings. The van der Waals surface area contributed by atoms with Gasteiger partial charge in [-0.3, -0.25) is 0 Å². The molecule has 0 unspecified atom stereocenters. The zero-order valence-electron chi connectivity index (χ0n) is 39.2. The fraction of sp³-hybridized carbons (Fsp3) is 0. The summed E-state index contributed by atoms with van der Waals surface area (Å²) in [5, 5.41) is 9.37. The Morgan fingerprint density at radius 1 is 0.315 bits per heavy atom. The first-order chi connectivity index (χ1) is 36.2. The fourth-order valence-corrected chi connectivity index (χ4v) is 12.4. The quantitative estimate of drug-likeness (QED) is 0.160. The van der Waals surface area contributed by atoms with Gasteiger partial charge in [0.15, 0.2) is 17.5 Å². The summed E-state index contributed by atoms with van der Waals surface area (Å²) in [6.07, 6.45) is 0. The number of hydrogen-bond donors (Lipinski definition) is 0. The summed E-state index contributed by atoms with van der Waals surface area (Å²) < 4.78 is 11.5. The third-order valence-corrected chi connectivity index (χ3v) is 15.7. The Kier molecular flexibility index (Phi) is 9.37. The summed E-state index contributed by atoms with van der Waals surface area (Å²) in [5.74, 6) is 1.78. The molecule has 0 aliphatic rings. The summed E-state index contributed by atoms with van der Waals surface area (Å²) >= 11 is 1.82. The normalized spacial score (nSPS) is 11.8. The lowest BCUT2D eigenvalue weighted by atomic mass is 9.95. The number of furan rings is 1. The molecule has 73 heavy (non-hydrogen) atoms. The first-order valence-electron chi connectivity index (χ1n) is 24.6. The maximum Gasteiger partial charge on any atom is 0.164 e. The van der Waals surface area contributed by atoms with Crippen LogP contribution < -0.4 is 0 Å². The first kappa shape index (κ1) is 41.3. The molecule has 0 saturated heterocycles. The van der Waals surface area contributed by atoms with Crippen LogP contribution in [0.3, 0.4) is 0 Å². The predicted molar refractivity (Wildman–Crippen MR) is 304 cm³/mol. The second kappa shape index (κ2) is 16.6. The van der Waals surface area contributed by atoms with Gasteiger partial charge in [-0.25, -0.2) is 15.0 Å². The molecule has 4 aromatic heterocycles. The van der Waals surface area contributed by atoms with E-state index in [1.807, 2.05) is 35.6 Å². The average molecular weight is 949 g/mol. The van der Waals surface area contributed by atoms with Gasteiger partial charge in [-0.05, 0) is 86.6 Å². The van der Waals surface area contributed by atoms with Gasteiger partial charge in [0, 0.05) is 53.7 Å². The summed E-state index contributed by atoms with van der Waals surface area (Å²) in [4.78, 5) is 16.1. The zero-order chi connectivity index (χ0) is 48.0. The summed E-state index contributed by atoms with van der Waals surface area (Å²) in [7, 11) is 0. The summed E-state index contributed by atoms with van der Waals surface area (Å²) in [6.45, 7) is 0. The van der Waals surface area contributed by atoms with Crippen molar-refractivity contribution in [2.75, 3.05) is 0 Å². The van der Waals surface area contributed by atoms with Crippen molar-refractivity contribution in [3.63, 3.8) is 0 Å². The monoisotopic (exact) mass is 948 g/mol. The molecule has 0 saturated carbocycles. The van der Waals surface area contributed by atoms with E-state index in [4.69, 9.17) is 19.4 Å². The highest BCUT2D eigenvalue weighted by Gasteiger charge is 2.23. The highest BCUT2D eigenvalue weighted by atomic mass is 32.1. The summed E-state index contributed by atoms with van der Waals surface area (Å²) in [5.41, 5.74) is 14.6. The van der Waals surface area contributed by atoms with Crippen molar-refractivity contribution in [3.8, 4) is 73.2 Å². The molecule has 0 radical (unpaired) electrons. The van der Waals surface area contributed by atoms with Gasteiger partial charge in [-0.1, -0.05) is 200 Å². The van der Waals surface area contributed by atoms with Crippen molar-refractivity contribution in [1.29, 1.82) is 0 Å². The highest BCUT2D eigenvalue weighted by molar-refractivity contribution is 7.26. The van der Waals surface area contributed by atoms with Crippen LogP contribution in [0.15, 0.2) is 247 Å². The van der Waals surface area contributed by atoms with E-state index in [1.165, 1.54) is 59.2 Å². The van der Waals surface area contributed by atoms with E-state index >= 15 is 0 Å². The lowest BCUT2D eigenvalue weighted by Crippen LogP contribution is -2.01. The van der Waals surface area contributed by atoms with Crippen molar-refractivity contribution in [1.82, 2.24) is 19.5 Å². The molecular formula is C67H40N4OS. The Balaban J connectivity index is 0.934. The smallest absolute Gasteiger partial charge is 0.164 e. The minimum atomic E-state index is 0.579. The van der Waals surface area contributed by atoms with Gasteiger partial charge in [0.05, 0.1) is 21.4 Å². The summed E-state index contributed by atoms with van der Waals surface area (Å²) in [6, 6.07) is 86.2. The largest absolute Gasteiger partial charge is 0.456 e. The molecule has 0 amide bonds. The Morgan fingerprint density at radius 3 is 1.70 bits per heavy atom. The lowest BCUT2D eigenvalue weighted by Gasteiger charge is -2.13. The average Bonchev–Trinajstić information content (AvgIpc) is 4.15. The Labute approximate surface area is 423 Å². The maximum absolute atomic E-state index is 6.62. The van der Waals surface area contributed by atoms with Crippen molar-refractivity contribution in [2.45, 2.75) is 0 Å². The van der Waals surface area contributed by atoms with Gasteiger partial charge in [0.1, 0.15) is 11.2 Å². The minimum Gasteiger partial charge on any atom is -0.456 e. The van der Waals surface area contributed by atoms with Crippen molar-refractivity contribution >= 4 is 86.0 Å². The van der Waals surface area contributed by atoms with E-state index in [2.05, 4.69) is 223 Å². The van der Waals surface area contributed by atoms with E-state index in [-0.39, 0.29) is 0 Å². The van der Waals surface area contributed by atoms with Crippen LogP contribution in [-0.4, -0.2) is 19.5 Å². The highest BCUT2D eigenvalue weighted by Crippen LogP contribution is 2.46. The van der Waals surface area contributed by atoms with Crippen LogP contribution >= 0.6 is 11.3 Å². The van der Waals surface area contributed by atoms with Gasteiger partial charge >= 0.3 is 0 Å². The number of hydrogen-bond acceptors (Lipinski definition) is 5. The van der Waals surface area contributed by atoms with Crippen LogP contribution in [0, 0.1) is 0 Å². The van der Waals surface area contributed by atoms with Crippen molar-refractivity contribution < 1.29 is 4.42 Å². The number of nitrogens with zero attached hydrogens (tertiary/aromatic N) is 4. The number of thiophene rings is 1. The maximum atomic E-state index is 6.62. The molecule has 0 aliphatic carbocycles. The third-order valence-electron chi connectivity index (χ3n) is 14.5. The van der Waals surface area contributed by atoms with Gasteiger partial charge in [0.2, 0.25) is 0 Å². The van der Waals surface area contributed by atoms with E-state index < -0.39 is 0 Å². The molecule has 0 bridgehead atoms. The lowest BCUT2D eigenvalue weighted by molar-refractivity contribution is 0.669. The topological polar surface area (TPSA) is 56.7 Å². The second-order valence-corrected chi connectivity index (χ2v) is 19.7.